The molecule has 0 saturated carbocycles. The van der Waals surface area contributed by atoms with Crippen LogP contribution in [0.2, 0.25) is 0 Å². The Morgan fingerprint density at radius 1 is 1.31 bits per heavy atom. The Morgan fingerprint density at radius 3 is 2.69 bits per heavy atom. The van der Waals surface area contributed by atoms with Crippen molar-refractivity contribution in [1.29, 1.82) is 0 Å². The molecule has 1 aromatic heterocycles. The zero-order chi connectivity index (χ0) is 21.2. The predicted molar refractivity (Wildman–Crippen MR) is 114 cm³/mol. The lowest BCUT2D eigenvalue weighted by atomic mass is 10.1. The van der Waals surface area contributed by atoms with Gasteiger partial charge in [0.05, 0.1) is 24.5 Å². The number of benzene rings is 1. The minimum Gasteiger partial charge on any atom is -0.493 e. The van der Waals surface area contributed by atoms with Gasteiger partial charge in [0.1, 0.15) is 9.84 Å². The highest BCUT2D eigenvalue weighted by atomic mass is 32.2. The van der Waals surface area contributed by atoms with Crippen molar-refractivity contribution in [3.63, 3.8) is 0 Å². The number of rotatable bonds is 8. The number of nitrogens with zero attached hydrogens (tertiary/aromatic N) is 1. The van der Waals surface area contributed by atoms with Crippen LogP contribution in [0.1, 0.15) is 36.6 Å². The normalized spacial score (nSPS) is 15.0. The second kappa shape index (κ2) is 8.73. The van der Waals surface area contributed by atoms with Gasteiger partial charge in [-0.2, -0.15) is 0 Å². The van der Waals surface area contributed by atoms with Gasteiger partial charge in [0.25, 0.3) is 0 Å². The number of anilines is 1. The summed E-state index contributed by atoms with van der Waals surface area (Å²) in [4.78, 5) is 13.6. The van der Waals surface area contributed by atoms with Gasteiger partial charge in [0.15, 0.2) is 11.5 Å². The Hall–Kier alpha value is -2.10. The maximum Gasteiger partial charge on any atom is 0.221 e. The van der Waals surface area contributed by atoms with Gasteiger partial charge in [-0.1, -0.05) is 6.07 Å². The van der Waals surface area contributed by atoms with E-state index in [1.165, 1.54) is 24.5 Å². The molecule has 1 aliphatic rings. The molecule has 2 aromatic rings. The Bertz CT molecular complexity index is 1000. The minimum absolute atomic E-state index is 0.00589. The van der Waals surface area contributed by atoms with E-state index in [0.717, 1.165) is 21.7 Å². The Balaban J connectivity index is 1.94. The molecule has 0 aliphatic carbocycles. The van der Waals surface area contributed by atoms with Crippen LogP contribution >= 0.6 is 11.3 Å². The smallest absolute Gasteiger partial charge is 0.221 e. The molecule has 158 valence electrons. The molecule has 7 nitrogen and oxygen atoms in total. The number of hydrogen-bond acceptors (Lipinski definition) is 7. The molecule has 1 aromatic carbocycles. The second-order valence-electron chi connectivity index (χ2n) is 7.11. The van der Waals surface area contributed by atoms with Crippen molar-refractivity contribution in [2.45, 2.75) is 33.0 Å². The Labute approximate surface area is 175 Å². The molecule has 0 radical (unpaired) electrons. The molecule has 1 amide bonds. The fourth-order valence-electron chi connectivity index (χ4n) is 3.56. The Morgan fingerprint density at radius 2 is 2.07 bits per heavy atom. The number of carbonyl (C=O) groups is 1. The van der Waals surface area contributed by atoms with Crippen molar-refractivity contribution >= 4 is 32.1 Å². The lowest BCUT2D eigenvalue weighted by molar-refractivity contribution is -0.114. The van der Waals surface area contributed by atoms with E-state index in [0.29, 0.717) is 31.2 Å². The molecule has 0 fully saturated rings. The fourth-order valence-corrected chi connectivity index (χ4v) is 5.55. The van der Waals surface area contributed by atoms with Crippen LogP contribution in [0.3, 0.4) is 0 Å². The number of hydrogen-bond donors (Lipinski definition) is 1. The third-order valence-corrected chi connectivity index (χ3v) is 6.69. The molecule has 2 heterocycles. The molecule has 1 aliphatic heterocycles. The topological polar surface area (TPSA) is 84.9 Å². The summed E-state index contributed by atoms with van der Waals surface area (Å²) in [6.45, 7) is 5.06. The second-order valence-corrected chi connectivity index (χ2v) is 10.2. The van der Waals surface area contributed by atoms with Gasteiger partial charge in [-0.25, -0.2) is 8.42 Å². The SMILES string of the molecule is CCOc1cc(C(CS(C)(=O)=O)N2Cc3csc(NC(C)=O)c3C2)ccc1OC. The van der Waals surface area contributed by atoms with Crippen LogP contribution in [0.4, 0.5) is 5.00 Å². The number of thiophene rings is 1. The van der Waals surface area contributed by atoms with Crippen LogP contribution in [0.25, 0.3) is 0 Å². The maximum absolute atomic E-state index is 12.2. The molecule has 9 heteroatoms. The lowest BCUT2D eigenvalue weighted by Crippen LogP contribution is -2.29. The number of fused-ring (bicyclic) bond motifs is 1. The fraction of sp³-hybridized carbons (Fsp3) is 0.450. The zero-order valence-electron chi connectivity index (χ0n) is 17.0. The molecule has 29 heavy (non-hydrogen) atoms. The zero-order valence-corrected chi connectivity index (χ0v) is 18.7. The van der Waals surface area contributed by atoms with E-state index in [2.05, 4.69) is 10.2 Å². The quantitative estimate of drug-likeness (QED) is 0.681. The lowest BCUT2D eigenvalue weighted by Gasteiger charge is -2.28. The van der Waals surface area contributed by atoms with Crippen LogP contribution in [0, 0.1) is 0 Å². The first-order valence-corrected chi connectivity index (χ1v) is 12.2. The predicted octanol–water partition coefficient (Wildman–Crippen LogP) is 3.22. The van der Waals surface area contributed by atoms with E-state index in [9.17, 15) is 13.2 Å². The van der Waals surface area contributed by atoms with Crippen molar-refractivity contribution in [3.05, 3.63) is 40.3 Å². The van der Waals surface area contributed by atoms with Crippen molar-refractivity contribution in [1.82, 2.24) is 4.90 Å². The summed E-state index contributed by atoms with van der Waals surface area (Å²) in [7, 11) is -1.65. The molecule has 3 rings (SSSR count). The number of amides is 1. The first-order valence-electron chi connectivity index (χ1n) is 9.31. The summed E-state index contributed by atoms with van der Waals surface area (Å²) in [6.07, 6.45) is 1.25. The van der Waals surface area contributed by atoms with Gasteiger partial charge in [-0.15, -0.1) is 11.3 Å². The average Bonchev–Trinajstić information content (AvgIpc) is 3.21. The molecular weight excluding hydrogens is 412 g/mol. The third-order valence-electron chi connectivity index (χ3n) is 4.78. The van der Waals surface area contributed by atoms with E-state index in [-0.39, 0.29) is 17.7 Å². The summed E-state index contributed by atoms with van der Waals surface area (Å²) in [5, 5.41) is 5.73. The summed E-state index contributed by atoms with van der Waals surface area (Å²) in [5.41, 5.74) is 3.03. The first-order chi connectivity index (χ1) is 13.7. The highest BCUT2D eigenvalue weighted by Crippen LogP contribution is 2.40. The van der Waals surface area contributed by atoms with Crippen molar-refractivity contribution in [2.24, 2.45) is 0 Å². The van der Waals surface area contributed by atoms with Crippen LogP contribution in [-0.4, -0.2) is 45.0 Å². The highest BCUT2D eigenvalue weighted by molar-refractivity contribution is 7.90. The van der Waals surface area contributed by atoms with Crippen molar-refractivity contribution in [2.75, 3.05) is 31.0 Å². The summed E-state index contributed by atoms with van der Waals surface area (Å²) >= 11 is 1.50. The average molecular weight is 439 g/mol. The summed E-state index contributed by atoms with van der Waals surface area (Å²) in [5.74, 6) is 1.09. The molecule has 1 N–H and O–H groups in total. The Kier molecular flexibility index (Phi) is 6.50. The molecule has 1 unspecified atom stereocenters. The van der Waals surface area contributed by atoms with Crippen LogP contribution in [-0.2, 0) is 27.7 Å². The number of nitrogens with one attached hydrogen (secondary N) is 1. The molecule has 1 atom stereocenters. The van der Waals surface area contributed by atoms with Crippen molar-refractivity contribution in [3.8, 4) is 11.5 Å². The van der Waals surface area contributed by atoms with E-state index in [1.54, 1.807) is 7.11 Å². The molecule has 0 bridgehead atoms. The van der Waals surface area contributed by atoms with Gasteiger partial charge >= 0.3 is 0 Å². The molecule has 0 spiro atoms. The number of methoxy groups -OCH3 is 1. The minimum atomic E-state index is -3.23. The van der Waals surface area contributed by atoms with Gasteiger partial charge < -0.3 is 14.8 Å². The van der Waals surface area contributed by atoms with Crippen LogP contribution < -0.4 is 14.8 Å². The molecular formula is C20H26N2O5S2. The van der Waals surface area contributed by atoms with Crippen LogP contribution in [0.5, 0.6) is 11.5 Å². The van der Waals surface area contributed by atoms with E-state index < -0.39 is 9.84 Å². The third kappa shape index (κ3) is 5.09. The van der Waals surface area contributed by atoms with Gasteiger partial charge in [0, 0.05) is 37.9 Å². The monoisotopic (exact) mass is 438 g/mol. The summed E-state index contributed by atoms with van der Waals surface area (Å²) in [6, 6.07) is 5.22. The van der Waals surface area contributed by atoms with E-state index in [4.69, 9.17) is 9.47 Å². The maximum atomic E-state index is 12.2. The molecule has 0 saturated heterocycles. The number of ether oxygens (including phenoxy) is 2. The van der Waals surface area contributed by atoms with E-state index >= 15 is 0 Å². The first kappa shape index (κ1) is 21.6. The largest absolute Gasteiger partial charge is 0.493 e. The number of carbonyl (C=O) groups excluding carboxylic acids is 1. The number of sulfone groups is 1. The standard InChI is InChI=1S/C20H26N2O5S2/c1-5-27-19-8-14(6-7-18(19)26-3)17(12-29(4,24)25)22-9-15-11-28-20(16(15)10-22)21-13(2)23/h6-8,11,17H,5,9-10,12H2,1-4H3,(H,21,23). The van der Waals surface area contributed by atoms with Gasteiger partial charge in [-0.05, 0) is 35.6 Å². The van der Waals surface area contributed by atoms with E-state index in [1.807, 2.05) is 30.5 Å². The highest BCUT2D eigenvalue weighted by Gasteiger charge is 2.32. The van der Waals surface area contributed by atoms with Crippen molar-refractivity contribution < 1.29 is 22.7 Å². The summed E-state index contributed by atoms with van der Waals surface area (Å²) < 4.78 is 35.4. The van der Waals surface area contributed by atoms with Gasteiger partial charge in [-0.3, -0.25) is 9.69 Å². The van der Waals surface area contributed by atoms with Crippen LogP contribution in [0.15, 0.2) is 23.6 Å². The van der Waals surface area contributed by atoms with Gasteiger partial charge in [0.2, 0.25) is 5.91 Å².